The third-order valence-electron chi connectivity index (χ3n) is 9.91. The minimum atomic E-state index is -1.55. The van der Waals surface area contributed by atoms with Gasteiger partial charge in [0.15, 0.2) is 6.29 Å². The lowest BCUT2D eigenvalue weighted by atomic mass is 9.99. The van der Waals surface area contributed by atoms with Gasteiger partial charge in [-0.3, -0.25) is 4.79 Å². The predicted molar refractivity (Wildman–Crippen MR) is 195 cm³/mol. The van der Waals surface area contributed by atoms with Gasteiger partial charge in [-0.2, -0.15) is 0 Å². The van der Waals surface area contributed by atoms with Crippen molar-refractivity contribution in [3.05, 3.63) is 35.9 Å². The topological polar surface area (TPSA) is 149 Å². The maximum absolute atomic E-state index is 12.9. The fourth-order valence-electron chi connectivity index (χ4n) is 6.65. The number of aliphatic hydroxyl groups excluding tert-OH is 5. The summed E-state index contributed by atoms with van der Waals surface area (Å²) in [6.07, 6.45) is 17.8. The number of nitrogens with one attached hydrogen (secondary N) is 1. The molecule has 0 radical (unpaired) electrons. The number of carbonyl (C=O) groups is 1. The zero-order valence-electron chi connectivity index (χ0n) is 30.6. The molecule has 1 aliphatic heterocycles. The van der Waals surface area contributed by atoms with Gasteiger partial charge in [-0.05, 0) is 31.2 Å². The van der Waals surface area contributed by atoms with E-state index < -0.39 is 49.5 Å². The Labute approximate surface area is 297 Å². The van der Waals surface area contributed by atoms with Crippen LogP contribution in [0, 0.1) is 0 Å². The standard InChI is InChI=1S/C40H71NO8/c1-2-3-4-5-6-7-8-9-10-11-14-17-23-28-34(43)33(31-48-40-39(47)38(46)37(45)35(30-42)49-40)41-36(44)29-24-18-15-12-13-16-20-25-32-26-21-19-22-27-32/h19,21-22,26-27,33-35,37-40,42-43,45-47H,2-18,20,23-25,28-31H2,1H3,(H,41,44)/t33-,34-,35+,37-,38-,39+,40-/m0/s1. The zero-order chi connectivity index (χ0) is 35.5. The molecule has 1 aromatic rings. The van der Waals surface area contributed by atoms with Crippen molar-refractivity contribution in [2.75, 3.05) is 13.2 Å². The monoisotopic (exact) mass is 694 g/mol. The summed E-state index contributed by atoms with van der Waals surface area (Å²) in [5, 5.41) is 54.1. The highest BCUT2D eigenvalue weighted by Crippen LogP contribution is 2.23. The molecule has 0 aliphatic carbocycles. The first-order valence-electron chi connectivity index (χ1n) is 19.8. The number of unbranched alkanes of at least 4 members (excludes halogenated alkanes) is 18. The maximum atomic E-state index is 12.9. The van der Waals surface area contributed by atoms with Gasteiger partial charge in [-0.15, -0.1) is 0 Å². The second-order valence-corrected chi connectivity index (χ2v) is 14.3. The molecular weight excluding hydrogens is 622 g/mol. The predicted octanol–water partition coefficient (Wildman–Crippen LogP) is 6.49. The Balaban J connectivity index is 1.68. The average Bonchev–Trinajstić information content (AvgIpc) is 3.11. The molecule has 2 rings (SSSR count). The smallest absolute Gasteiger partial charge is 0.220 e. The fraction of sp³-hybridized carbons (Fsp3) is 0.825. The van der Waals surface area contributed by atoms with Crippen molar-refractivity contribution >= 4 is 5.91 Å². The van der Waals surface area contributed by atoms with Crippen molar-refractivity contribution in [1.82, 2.24) is 5.32 Å². The fourth-order valence-corrected chi connectivity index (χ4v) is 6.65. The van der Waals surface area contributed by atoms with Gasteiger partial charge < -0.3 is 40.3 Å². The van der Waals surface area contributed by atoms with Gasteiger partial charge in [0.05, 0.1) is 25.4 Å². The van der Waals surface area contributed by atoms with Crippen molar-refractivity contribution in [3.8, 4) is 0 Å². The van der Waals surface area contributed by atoms with Crippen molar-refractivity contribution < 1.29 is 39.8 Å². The van der Waals surface area contributed by atoms with Crippen LogP contribution in [0.2, 0.25) is 0 Å². The van der Waals surface area contributed by atoms with E-state index in [2.05, 4.69) is 36.5 Å². The first-order chi connectivity index (χ1) is 23.9. The number of ether oxygens (including phenoxy) is 2. The van der Waals surface area contributed by atoms with Gasteiger partial charge in [-0.25, -0.2) is 0 Å². The maximum Gasteiger partial charge on any atom is 0.220 e. The molecule has 1 heterocycles. The molecule has 0 spiro atoms. The molecule has 9 heteroatoms. The van der Waals surface area contributed by atoms with Crippen LogP contribution in [0.4, 0.5) is 0 Å². The van der Waals surface area contributed by atoms with Gasteiger partial charge in [0, 0.05) is 6.42 Å². The van der Waals surface area contributed by atoms with Crippen LogP contribution in [-0.4, -0.2) is 87.5 Å². The van der Waals surface area contributed by atoms with E-state index in [0.29, 0.717) is 12.8 Å². The van der Waals surface area contributed by atoms with E-state index in [1.54, 1.807) is 0 Å². The Morgan fingerprint density at radius 2 is 1.27 bits per heavy atom. The molecule has 0 bridgehead atoms. The largest absolute Gasteiger partial charge is 0.394 e. The molecule has 284 valence electrons. The van der Waals surface area contributed by atoms with Crippen molar-refractivity contribution in [2.24, 2.45) is 0 Å². The van der Waals surface area contributed by atoms with Crippen LogP contribution in [-0.2, 0) is 20.7 Å². The van der Waals surface area contributed by atoms with E-state index in [9.17, 15) is 30.3 Å². The lowest BCUT2D eigenvalue weighted by Gasteiger charge is -2.40. The van der Waals surface area contributed by atoms with Crippen LogP contribution in [0.25, 0.3) is 0 Å². The number of hydrogen-bond donors (Lipinski definition) is 6. The average molecular weight is 694 g/mol. The second kappa shape index (κ2) is 28.1. The molecule has 1 saturated heterocycles. The minimum absolute atomic E-state index is 0.142. The van der Waals surface area contributed by atoms with Crippen molar-refractivity contribution in [2.45, 2.75) is 197 Å². The van der Waals surface area contributed by atoms with Crippen LogP contribution in [0.1, 0.15) is 154 Å². The van der Waals surface area contributed by atoms with Crippen molar-refractivity contribution in [3.63, 3.8) is 0 Å². The highest BCUT2D eigenvalue weighted by molar-refractivity contribution is 5.76. The summed E-state index contributed by atoms with van der Waals surface area (Å²) in [4.78, 5) is 12.9. The molecule has 9 nitrogen and oxygen atoms in total. The number of aliphatic hydroxyl groups is 5. The highest BCUT2D eigenvalue weighted by Gasteiger charge is 2.44. The SMILES string of the molecule is CCCCCCCCCCCCCCC[C@H](O)[C@H](CO[C@H]1O[C@H](CO)[C@H](O)[C@H](O)[C@H]1O)NC(=O)CCCCCCCCCc1ccccc1. The summed E-state index contributed by atoms with van der Waals surface area (Å²) >= 11 is 0. The molecule has 0 aromatic heterocycles. The highest BCUT2D eigenvalue weighted by atomic mass is 16.7. The van der Waals surface area contributed by atoms with Crippen LogP contribution in [0.3, 0.4) is 0 Å². The van der Waals surface area contributed by atoms with E-state index in [0.717, 1.165) is 51.4 Å². The van der Waals surface area contributed by atoms with Gasteiger partial charge >= 0.3 is 0 Å². The van der Waals surface area contributed by atoms with Gasteiger partial charge in [-0.1, -0.05) is 153 Å². The van der Waals surface area contributed by atoms with E-state index in [4.69, 9.17) is 9.47 Å². The molecule has 0 saturated carbocycles. The molecular formula is C40H71NO8. The first-order valence-corrected chi connectivity index (χ1v) is 19.8. The number of benzene rings is 1. The Hall–Kier alpha value is -1.59. The van der Waals surface area contributed by atoms with Gasteiger partial charge in [0.2, 0.25) is 5.91 Å². The third kappa shape index (κ3) is 19.6. The van der Waals surface area contributed by atoms with Crippen molar-refractivity contribution in [1.29, 1.82) is 0 Å². The zero-order valence-corrected chi connectivity index (χ0v) is 30.6. The van der Waals surface area contributed by atoms with Gasteiger partial charge in [0.25, 0.3) is 0 Å². The molecule has 6 N–H and O–H groups in total. The van der Waals surface area contributed by atoms with E-state index in [-0.39, 0.29) is 12.5 Å². The molecule has 0 unspecified atom stereocenters. The Bertz CT molecular complexity index is 919. The molecule has 1 amide bonds. The van der Waals surface area contributed by atoms with Crippen LogP contribution < -0.4 is 5.32 Å². The number of amides is 1. The van der Waals surface area contributed by atoms with Crippen LogP contribution in [0.15, 0.2) is 30.3 Å². The quantitative estimate of drug-likeness (QED) is 0.0501. The van der Waals surface area contributed by atoms with E-state index in [1.165, 1.54) is 89.0 Å². The summed E-state index contributed by atoms with van der Waals surface area (Å²) in [6, 6.07) is 9.85. The van der Waals surface area contributed by atoms with Crippen LogP contribution in [0.5, 0.6) is 0 Å². The van der Waals surface area contributed by atoms with Gasteiger partial charge in [0.1, 0.15) is 24.4 Å². The minimum Gasteiger partial charge on any atom is -0.394 e. The summed E-state index contributed by atoms with van der Waals surface area (Å²) < 4.78 is 11.2. The third-order valence-corrected chi connectivity index (χ3v) is 9.91. The van der Waals surface area contributed by atoms with E-state index in [1.807, 2.05) is 6.07 Å². The Kier molecular flexibility index (Phi) is 24.9. The second-order valence-electron chi connectivity index (χ2n) is 14.3. The summed E-state index contributed by atoms with van der Waals surface area (Å²) in [5.74, 6) is -0.158. The summed E-state index contributed by atoms with van der Waals surface area (Å²) in [5.41, 5.74) is 1.39. The lowest BCUT2D eigenvalue weighted by Crippen LogP contribution is -2.60. The van der Waals surface area contributed by atoms with Crippen LogP contribution >= 0.6 is 0 Å². The Morgan fingerprint density at radius 1 is 0.735 bits per heavy atom. The summed E-state index contributed by atoms with van der Waals surface area (Å²) in [7, 11) is 0. The lowest BCUT2D eigenvalue weighted by molar-refractivity contribution is -0.302. The normalized spacial score (nSPS) is 22.2. The summed E-state index contributed by atoms with van der Waals surface area (Å²) in [6.45, 7) is 1.55. The first kappa shape index (κ1) is 43.6. The Morgan fingerprint density at radius 3 is 1.84 bits per heavy atom. The molecule has 1 aliphatic rings. The number of aryl methyl sites for hydroxylation is 1. The molecule has 7 atom stereocenters. The number of hydrogen-bond acceptors (Lipinski definition) is 8. The molecule has 1 fully saturated rings. The molecule has 49 heavy (non-hydrogen) atoms. The molecule has 1 aromatic carbocycles. The van der Waals surface area contributed by atoms with E-state index >= 15 is 0 Å². The number of rotatable bonds is 30. The number of carbonyl (C=O) groups excluding carboxylic acids is 1.